The standard InChI is InChI=1S/C22H37N3O4S/c1-9-28-16-12-22(21(16,7)8,25-19(27)29-20(4,5)6)18(26)23-11-10-15-13-30-17(24-15)14(2)3/h13-14,16H,9-12H2,1-8H3,(H,23,26)(H,25,27)/t16-,22+/m1/s1. The zero-order chi connectivity index (χ0) is 22.7. The average molecular weight is 440 g/mol. The highest BCUT2D eigenvalue weighted by Crippen LogP contribution is 2.51. The Morgan fingerprint density at radius 3 is 2.50 bits per heavy atom. The summed E-state index contributed by atoms with van der Waals surface area (Å²) in [4.78, 5) is 30.4. The van der Waals surface area contributed by atoms with Crippen molar-refractivity contribution in [3.63, 3.8) is 0 Å². The first-order valence-corrected chi connectivity index (χ1v) is 11.6. The summed E-state index contributed by atoms with van der Waals surface area (Å²) in [6.07, 6.45) is 0.344. The number of nitrogens with one attached hydrogen (secondary N) is 2. The summed E-state index contributed by atoms with van der Waals surface area (Å²) in [6.45, 7) is 16.5. The molecule has 0 radical (unpaired) electrons. The third kappa shape index (κ3) is 5.32. The monoisotopic (exact) mass is 439 g/mol. The first-order chi connectivity index (χ1) is 13.8. The zero-order valence-electron chi connectivity index (χ0n) is 19.5. The van der Waals surface area contributed by atoms with Gasteiger partial charge in [-0.1, -0.05) is 27.7 Å². The van der Waals surface area contributed by atoms with E-state index >= 15 is 0 Å². The van der Waals surface area contributed by atoms with Crippen LogP contribution in [0.15, 0.2) is 5.38 Å². The van der Waals surface area contributed by atoms with Crippen molar-refractivity contribution in [2.75, 3.05) is 13.2 Å². The van der Waals surface area contributed by atoms with Crippen LogP contribution >= 0.6 is 11.3 Å². The van der Waals surface area contributed by atoms with E-state index in [1.54, 1.807) is 32.1 Å². The lowest BCUT2D eigenvalue weighted by atomic mass is 9.53. The van der Waals surface area contributed by atoms with Crippen LogP contribution in [0.1, 0.15) is 78.4 Å². The Hall–Kier alpha value is -1.67. The molecule has 1 fully saturated rings. The molecule has 1 saturated carbocycles. The van der Waals surface area contributed by atoms with Gasteiger partial charge in [-0.3, -0.25) is 4.79 Å². The van der Waals surface area contributed by atoms with E-state index in [0.29, 0.717) is 31.9 Å². The Bertz CT molecular complexity index is 754. The van der Waals surface area contributed by atoms with Crippen LogP contribution in [0.2, 0.25) is 0 Å². The van der Waals surface area contributed by atoms with Crippen LogP contribution in [0.25, 0.3) is 0 Å². The third-order valence-electron chi connectivity index (χ3n) is 5.60. The van der Waals surface area contributed by atoms with E-state index < -0.39 is 22.6 Å². The molecular formula is C22H37N3O4S. The molecular weight excluding hydrogens is 402 g/mol. The molecule has 0 saturated heterocycles. The van der Waals surface area contributed by atoms with Gasteiger partial charge in [0.25, 0.3) is 0 Å². The summed E-state index contributed by atoms with van der Waals surface area (Å²) in [6, 6.07) is 0. The van der Waals surface area contributed by atoms with Crippen molar-refractivity contribution in [2.24, 2.45) is 5.41 Å². The lowest BCUT2D eigenvalue weighted by Crippen LogP contribution is -2.78. The Kier molecular flexibility index (Phi) is 7.56. The van der Waals surface area contributed by atoms with Gasteiger partial charge in [0.05, 0.1) is 16.8 Å². The first-order valence-electron chi connectivity index (χ1n) is 10.7. The van der Waals surface area contributed by atoms with Gasteiger partial charge in [0.15, 0.2) is 0 Å². The summed E-state index contributed by atoms with van der Waals surface area (Å²) >= 11 is 1.64. The largest absolute Gasteiger partial charge is 0.444 e. The SMILES string of the molecule is CCO[C@@H]1C[C@](NC(=O)OC(C)(C)C)(C(=O)NCCc2csc(C(C)C)n2)C1(C)C. The molecule has 0 aromatic carbocycles. The van der Waals surface area contributed by atoms with Crippen LogP contribution in [0.3, 0.4) is 0 Å². The number of thiazole rings is 1. The number of carbonyl (C=O) groups is 2. The number of hydrogen-bond donors (Lipinski definition) is 2. The molecule has 7 nitrogen and oxygen atoms in total. The molecule has 1 aliphatic carbocycles. The number of ether oxygens (including phenoxy) is 2. The topological polar surface area (TPSA) is 89.5 Å². The minimum atomic E-state index is -1.08. The molecule has 0 unspecified atom stereocenters. The van der Waals surface area contributed by atoms with E-state index in [4.69, 9.17) is 9.47 Å². The molecule has 1 heterocycles. The lowest BCUT2D eigenvalue weighted by Gasteiger charge is -2.59. The summed E-state index contributed by atoms with van der Waals surface area (Å²) in [7, 11) is 0. The number of carbonyl (C=O) groups excluding carboxylic acids is 2. The number of alkyl carbamates (subject to hydrolysis) is 1. The van der Waals surface area contributed by atoms with E-state index in [0.717, 1.165) is 10.7 Å². The molecule has 2 rings (SSSR count). The molecule has 0 aliphatic heterocycles. The lowest BCUT2D eigenvalue weighted by molar-refractivity contribution is -0.178. The number of nitrogens with zero attached hydrogens (tertiary/aromatic N) is 1. The summed E-state index contributed by atoms with van der Waals surface area (Å²) < 4.78 is 11.2. The van der Waals surface area contributed by atoms with E-state index in [1.165, 1.54) is 0 Å². The normalized spacial score (nSPS) is 23.0. The van der Waals surface area contributed by atoms with Crippen LogP contribution in [0.4, 0.5) is 4.79 Å². The van der Waals surface area contributed by atoms with E-state index in [1.807, 2.05) is 26.2 Å². The first kappa shape index (κ1) is 24.6. The van der Waals surface area contributed by atoms with Crippen molar-refractivity contribution >= 4 is 23.3 Å². The summed E-state index contributed by atoms with van der Waals surface area (Å²) in [5.41, 5.74) is -1.33. The highest BCUT2D eigenvalue weighted by Gasteiger charge is 2.66. The fourth-order valence-corrected chi connectivity index (χ4v) is 4.57. The second-order valence-corrected chi connectivity index (χ2v) is 10.6. The van der Waals surface area contributed by atoms with Gasteiger partial charge in [0.2, 0.25) is 5.91 Å². The fourth-order valence-electron chi connectivity index (χ4n) is 3.70. The second kappa shape index (κ2) is 9.22. The van der Waals surface area contributed by atoms with Crippen molar-refractivity contribution in [1.82, 2.24) is 15.6 Å². The molecule has 1 aromatic rings. The molecule has 1 aromatic heterocycles. The van der Waals surface area contributed by atoms with Crippen LogP contribution in [0.5, 0.6) is 0 Å². The molecule has 0 bridgehead atoms. The number of aromatic nitrogens is 1. The van der Waals surface area contributed by atoms with Gasteiger partial charge in [-0.25, -0.2) is 9.78 Å². The Balaban J connectivity index is 2.08. The van der Waals surface area contributed by atoms with Gasteiger partial charge < -0.3 is 20.1 Å². The maximum absolute atomic E-state index is 13.3. The summed E-state index contributed by atoms with van der Waals surface area (Å²) in [5, 5.41) is 9.00. The van der Waals surface area contributed by atoms with Crippen molar-refractivity contribution in [1.29, 1.82) is 0 Å². The summed E-state index contributed by atoms with van der Waals surface area (Å²) in [5.74, 6) is 0.180. The molecule has 2 amide bonds. The van der Waals surface area contributed by atoms with Crippen molar-refractivity contribution in [2.45, 2.75) is 91.4 Å². The van der Waals surface area contributed by atoms with Crippen molar-refractivity contribution < 1.29 is 19.1 Å². The van der Waals surface area contributed by atoms with E-state index in [-0.39, 0.29) is 12.0 Å². The van der Waals surface area contributed by atoms with Crippen molar-refractivity contribution in [3.05, 3.63) is 16.1 Å². The third-order valence-corrected chi connectivity index (χ3v) is 6.79. The highest BCUT2D eigenvalue weighted by molar-refractivity contribution is 7.09. The van der Waals surface area contributed by atoms with Crippen molar-refractivity contribution in [3.8, 4) is 0 Å². The second-order valence-electron chi connectivity index (χ2n) is 9.74. The quantitative estimate of drug-likeness (QED) is 0.638. The van der Waals surface area contributed by atoms with Crippen LogP contribution in [-0.4, -0.2) is 47.4 Å². The van der Waals surface area contributed by atoms with Crippen LogP contribution in [0, 0.1) is 5.41 Å². The molecule has 0 spiro atoms. The molecule has 2 atom stereocenters. The minimum absolute atomic E-state index is 0.115. The predicted molar refractivity (Wildman–Crippen MR) is 119 cm³/mol. The number of hydrogen-bond acceptors (Lipinski definition) is 6. The molecule has 8 heteroatoms. The maximum Gasteiger partial charge on any atom is 0.408 e. The van der Waals surface area contributed by atoms with Gasteiger partial charge in [-0.2, -0.15) is 0 Å². The number of rotatable bonds is 8. The van der Waals surface area contributed by atoms with Gasteiger partial charge in [-0.05, 0) is 27.7 Å². The van der Waals surface area contributed by atoms with Crippen LogP contribution in [-0.2, 0) is 20.7 Å². The van der Waals surface area contributed by atoms with Crippen LogP contribution < -0.4 is 10.6 Å². The number of amides is 2. The predicted octanol–water partition coefficient (Wildman–Crippen LogP) is 4.02. The van der Waals surface area contributed by atoms with E-state index in [9.17, 15) is 9.59 Å². The smallest absolute Gasteiger partial charge is 0.408 e. The Morgan fingerprint density at radius 2 is 2.00 bits per heavy atom. The highest BCUT2D eigenvalue weighted by atomic mass is 32.1. The fraction of sp³-hybridized carbons (Fsp3) is 0.773. The molecule has 170 valence electrons. The van der Waals surface area contributed by atoms with E-state index in [2.05, 4.69) is 29.5 Å². The zero-order valence-corrected chi connectivity index (χ0v) is 20.4. The maximum atomic E-state index is 13.3. The molecule has 2 N–H and O–H groups in total. The van der Waals surface area contributed by atoms with Gasteiger partial charge in [-0.15, -0.1) is 11.3 Å². The molecule has 1 aliphatic rings. The van der Waals surface area contributed by atoms with Gasteiger partial charge >= 0.3 is 6.09 Å². The van der Waals surface area contributed by atoms with Gasteiger partial charge in [0, 0.05) is 42.7 Å². The average Bonchev–Trinajstić information content (AvgIpc) is 3.08. The Morgan fingerprint density at radius 1 is 1.33 bits per heavy atom. The van der Waals surface area contributed by atoms with Gasteiger partial charge in [0.1, 0.15) is 11.1 Å². The molecule has 30 heavy (non-hydrogen) atoms. The Labute approximate surface area is 184 Å². The minimum Gasteiger partial charge on any atom is -0.444 e.